The van der Waals surface area contributed by atoms with Crippen LogP contribution >= 0.6 is 0 Å². The number of methoxy groups -OCH3 is 1. The number of aromatic nitrogens is 4. The van der Waals surface area contributed by atoms with Gasteiger partial charge in [-0.05, 0) is 37.1 Å². The zero-order valence-electron chi connectivity index (χ0n) is 19.8. The zero-order valence-corrected chi connectivity index (χ0v) is 19.8. The molecule has 180 valence electrons. The van der Waals surface area contributed by atoms with Gasteiger partial charge in [-0.2, -0.15) is 9.97 Å². The number of likely N-dealkylation sites (tertiary alicyclic amines) is 1. The van der Waals surface area contributed by atoms with E-state index in [0.29, 0.717) is 55.1 Å². The lowest BCUT2D eigenvalue weighted by molar-refractivity contribution is -0.132. The molecule has 1 fully saturated rings. The molecule has 0 saturated carbocycles. The highest BCUT2D eigenvalue weighted by molar-refractivity contribution is 5.76. The van der Waals surface area contributed by atoms with Crippen LogP contribution in [-0.2, 0) is 16.6 Å². The highest BCUT2D eigenvalue weighted by Crippen LogP contribution is 2.34. The minimum absolute atomic E-state index is 0.0715. The molecule has 35 heavy (non-hydrogen) atoms. The number of carbonyl (C=O) groups excluding carboxylic acids is 1. The number of ether oxygens (including phenoxy) is 1. The summed E-state index contributed by atoms with van der Waals surface area (Å²) in [5.74, 6) is 2.84. The molecule has 0 N–H and O–H groups in total. The SMILES string of the molecule is COc1ccccc1-c1noc(CCC(=O)N2CCC(C)(c3noc(-c4ccccc4)n3)CC2)n1. The maximum absolute atomic E-state index is 12.9. The molecule has 3 heterocycles. The molecule has 9 heteroatoms. The second kappa shape index (κ2) is 9.69. The van der Waals surface area contributed by atoms with Crippen molar-refractivity contribution in [3.8, 4) is 28.6 Å². The van der Waals surface area contributed by atoms with Gasteiger partial charge in [-0.25, -0.2) is 0 Å². The third kappa shape index (κ3) is 4.80. The molecule has 0 aliphatic carbocycles. The summed E-state index contributed by atoms with van der Waals surface area (Å²) >= 11 is 0. The molecule has 1 amide bonds. The number of hydrogen-bond donors (Lipinski definition) is 0. The maximum Gasteiger partial charge on any atom is 0.257 e. The number of aryl methyl sites for hydroxylation is 1. The van der Waals surface area contributed by atoms with Crippen molar-refractivity contribution >= 4 is 5.91 Å². The number of nitrogens with zero attached hydrogens (tertiary/aromatic N) is 5. The number of rotatable bonds is 7. The van der Waals surface area contributed by atoms with E-state index in [0.717, 1.165) is 24.0 Å². The Hall–Kier alpha value is -4.01. The van der Waals surface area contributed by atoms with E-state index < -0.39 is 0 Å². The van der Waals surface area contributed by atoms with E-state index in [-0.39, 0.29) is 11.3 Å². The molecule has 0 spiro atoms. The Labute approximate surface area is 203 Å². The lowest BCUT2D eigenvalue weighted by Crippen LogP contribution is -2.44. The van der Waals surface area contributed by atoms with Crippen LogP contribution in [0.1, 0.15) is 37.9 Å². The van der Waals surface area contributed by atoms with Gasteiger partial charge in [-0.15, -0.1) is 0 Å². The van der Waals surface area contributed by atoms with Crippen LogP contribution in [0.25, 0.3) is 22.8 Å². The van der Waals surface area contributed by atoms with Gasteiger partial charge in [-0.1, -0.05) is 47.6 Å². The largest absolute Gasteiger partial charge is 0.496 e. The Bertz CT molecular complexity index is 1290. The first kappa shape index (κ1) is 22.8. The number of benzene rings is 2. The van der Waals surface area contributed by atoms with Gasteiger partial charge in [0.05, 0.1) is 12.7 Å². The fraction of sp³-hybridized carbons (Fsp3) is 0.346. The molecule has 2 aromatic carbocycles. The molecule has 0 bridgehead atoms. The molecule has 1 saturated heterocycles. The Morgan fingerprint density at radius 2 is 1.74 bits per heavy atom. The summed E-state index contributed by atoms with van der Waals surface area (Å²) in [6.07, 6.45) is 2.24. The van der Waals surface area contributed by atoms with Crippen LogP contribution in [0.2, 0.25) is 0 Å². The molecule has 9 nitrogen and oxygen atoms in total. The minimum Gasteiger partial charge on any atom is -0.496 e. The van der Waals surface area contributed by atoms with E-state index >= 15 is 0 Å². The first-order valence-electron chi connectivity index (χ1n) is 11.7. The van der Waals surface area contributed by atoms with E-state index in [2.05, 4.69) is 27.2 Å². The Morgan fingerprint density at radius 1 is 1.00 bits per heavy atom. The van der Waals surface area contributed by atoms with Crippen LogP contribution in [0.15, 0.2) is 63.6 Å². The maximum atomic E-state index is 12.9. The minimum atomic E-state index is -0.233. The van der Waals surface area contributed by atoms with Gasteiger partial charge in [0.2, 0.25) is 17.6 Å². The number of carbonyl (C=O) groups is 1. The third-order valence-electron chi connectivity index (χ3n) is 6.57. The normalized spacial score (nSPS) is 15.2. The molecule has 2 aromatic heterocycles. The summed E-state index contributed by atoms with van der Waals surface area (Å²) in [5, 5.41) is 8.30. The van der Waals surface area contributed by atoms with Crippen molar-refractivity contribution in [1.29, 1.82) is 0 Å². The van der Waals surface area contributed by atoms with Crippen molar-refractivity contribution in [2.24, 2.45) is 0 Å². The molecule has 5 rings (SSSR count). The van der Waals surface area contributed by atoms with Crippen LogP contribution in [0.4, 0.5) is 0 Å². The average molecular weight is 474 g/mol. The van der Waals surface area contributed by atoms with E-state index in [1.165, 1.54) is 0 Å². The fourth-order valence-corrected chi connectivity index (χ4v) is 4.31. The average Bonchev–Trinajstić information content (AvgIpc) is 3.59. The van der Waals surface area contributed by atoms with Gasteiger partial charge in [-0.3, -0.25) is 4.79 Å². The number of piperidine rings is 1. The van der Waals surface area contributed by atoms with Crippen LogP contribution in [0, 0.1) is 0 Å². The standard InChI is InChI=1S/C26H27N5O4/c1-26(25-28-24(35-30-25)18-8-4-3-5-9-18)14-16-31(17-15-26)22(32)13-12-21-27-23(29-34-21)19-10-6-7-11-20(19)33-2/h3-11H,12-17H2,1-2H3. The fourth-order valence-electron chi connectivity index (χ4n) is 4.31. The summed E-state index contributed by atoms with van der Waals surface area (Å²) in [6, 6.07) is 17.2. The molecule has 1 aliphatic rings. The Balaban J connectivity index is 1.16. The van der Waals surface area contributed by atoms with Gasteiger partial charge in [0, 0.05) is 36.9 Å². The van der Waals surface area contributed by atoms with Gasteiger partial charge in [0.25, 0.3) is 5.89 Å². The van der Waals surface area contributed by atoms with Crippen LogP contribution in [0.5, 0.6) is 5.75 Å². The summed E-state index contributed by atoms with van der Waals surface area (Å²) in [6.45, 7) is 3.41. The summed E-state index contributed by atoms with van der Waals surface area (Å²) in [5.41, 5.74) is 1.42. The van der Waals surface area contributed by atoms with Gasteiger partial charge in [0.1, 0.15) is 5.75 Å². The zero-order chi connectivity index (χ0) is 24.3. The Kier molecular flexibility index (Phi) is 6.31. The van der Waals surface area contributed by atoms with Gasteiger partial charge < -0.3 is 18.7 Å². The molecule has 4 aromatic rings. The van der Waals surface area contributed by atoms with Crippen molar-refractivity contribution in [2.75, 3.05) is 20.2 Å². The number of amides is 1. The van der Waals surface area contributed by atoms with E-state index in [4.69, 9.17) is 13.8 Å². The van der Waals surface area contributed by atoms with Crippen molar-refractivity contribution in [3.63, 3.8) is 0 Å². The van der Waals surface area contributed by atoms with Crippen molar-refractivity contribution < 1.29 is 18.6 Å². The van der Waals surface area contributed by atoms with Crippen LogP contribution in [0.3, 0.4) is 0 Å². The highest BCUT2D eigenvalue weighted by Gasteiger charge is 2.37. The Morgan fingerprint density at radius 3 is 2.51 bits per heavy atom. The van der Waals surface area contributed by atoms with Crippen LogP contribution < -0.4 is 4.74 Å². The predicted molar refractivity (Wildman–Crippen MR) is 128 cm³/mol. The van der Waals surface area contributed by atoms with Crippen molar-refractivity contribution in [1.82, 2.24) is 25.2 Å². The van der Waals surface area contributed by atoms with Gasteiger partial charge >= 0.3 is 0 Å². The monoisotopic (exact) mass is 473 g/mol. The third-order valence-corrected chi connectivity index (χ3v) is 6.57. The molecule has 0 unspecified atom stereocenters. The quantitative estimate of drug-likeness (QED) is 0.391. The lowest BCUT2D eigenvalue weighted by Gasteiger charge is -2.37. The van der Waals surface area contributed by atoms with Gasteiger partial charge in [0.15, 0.2) is 5.82 Å². The van der Waals surface area contributed by atoms with Crippen molar-refractivity contribution in [2.45, 2.75) is 38.0 Å². The van der Waals surface area contributed by atoms with Crippen LogP contribution in [-0.4, -0.2) is 51.3 Å². The topological polar surface area (TPSA) is 107 Å². The molecule has 0 atom stereocenters. The first-order valence-corrected chi connectivity index (χ1v) is 11.7. The summed E-state index contributed by atoms with van der Waals surface area (Å²) in [4.78, 5) is 23.8. The second-order valence-corrected chi connectivity index (χ2v) is 8.94. The second-order valence-electron chi connectivity index (χ2n) is 8.94. The number of para-hydroxylation sites is 1. The predicted octanol–water partition coefficient (Wildman–Crippen LogP) is 4.31. The van der Waals surface area contributed by atoms with E-state index in [1.54, 1.807) is 7.11 Å². The highest BCUT2D eigenvalue weighted by atomic mass is 16.5. The summed E-state index contributed by atoms with van der Waals surface area (Å²) in [7, 11) is 1.60. The van der Waals surface area contributed by atoms with Crippen molar-refractivity contribution in [3.05, 3.63) is 66.3 Å². The molecular formula is C26H27N5O4. The lowest BCUT2D eigenvalue weighted by atomic mass is 9.79. The molecular weight excluding hydrogens is 446 g/mol. The van der Waals surface area contributed by atoms with E-state index in [9.17, 15) is 4.79 Å². The summed E-state index contributed by atoms with van der Waals surface area (Å²) < 4.78 is 16.2. The number of hydrogen-bond acceptors (Lipinski definition) is 8. The smallest absolute Gasteiger partial charge is 0.257 e. The molecule has 1 aliphatic heterocycles. The van der Waals surface area contributed by atoms with E-state index in [1.807, 2.05) is 59.5 Å². The molecule has 0 radical (unpaired) electrons. The first-order chi connectivity index (χ1) is 17.1.